The Labute approximate surface area is 110 Å². The molecule has 19 heavy (non-hydrogen) atoms. The van der Waals surface area contributed by atoms with Gasteiger partial charge in [-0.15, -0.1) is 0 Å². The first-order valence-electron chi connectivity index (χ1n) is 6.14. The van der Waals surface area contributed by atoms with Crippen LogP contribution in [0.15, 0.2) is 18.3 Å². The van der Waals surface area contributed by atoms with Gasteiger partial charge in [0, 0.05) is 38.7 Å². The minimum Gasteiger partial charge on any atom is -0.465 e. The third kappa shape index (κ3) is 3.47. The van der Waals surface area contributed by atoms with E-state index in [1.165, 1.54) is 7.11 Å². The number of hydrogen-bond acceptors (Lipinski definition) is 4. The van der Waals surface area contributed by atoms with Gasteiger partial charge in [0.1, 0.15) is 0 Å². The monoisotopic (exact) mass is 270 g/mol. The average molecular weight is 270 g/mol. The van der Waals surface area contributed by atoms with Gasteiger partial charge in [0.05, 0.1) is 18.4 Å². The molecule has 1 aliphatic heterocycles. The predicted molar refractivity (Wildman–Crippen MR) is 65.0 cm³/mol. The zero-order chi connectivity index (χ0) is 13.9. The number of hydrogen-bond donors (Lipinski definition) is 0. The van der Waals surface area contributed by atoms with Crippen LogP contribution < -0.4 is 0 Å². The number of alkyl halides is 2. The van der Waals surface area contributed by atoms with Gasteiger partial charge < -0.3 is 4.74 Å². The second-order valence-corrected chi connectivity index (χ2v) is 4.62. The number of pyridine rings is 1. The summed E-state index contributed by atoms with van der Waals surface area (Å²) in [4.78, 5) is 17.6. The molecule has 1 fully saturated rings. The average Bonchev–Trinajstić information content (AvgIpc) is 2.41. The quantitative estimate of drug-likeness (QED) is 0.789. The zero-order valence-electron chi connectivity index (χ0n) is 10.7. The summed E-state index contributed by atoms with van der Waals surface area (Å²) >= 11 is 0. The molecular weight excluding hydrogens is 254 g/mol. The Morgan fingerprint density at radius 3 is 2.79 bits per heavy atom. The molecule has 104 valence electrons. The Hall–Kier alpha value is -1.56. The summed E-state index contributed by atoms with van der Waals surface area (Å²) in [6.45, 7) is 1.01. The molecule has 0 aromatic carbocycles. The van der Waals surface area contributed by atoms with E-state index in [-0.39, 0.29) is 12.8 Å². The van der Waals surface area contributed by atoms with Gasteiger partial charge in [0.2, 0.25) is 0 Å². The molecule has 1 aromatic rings. The summed E-state index contributed by atoms with van der Waals surface area (Å²) in [7, 11) is 1.31. The molecule has 0 bridgehead atoms. The number of rotatable bonds is 3. The third-order valence-corrected chi connectivity index (χ3v) is 3.26. The first kappa shape index (κ1) is 13.9. The van der Waals surface area contributed by atoms with Crippen molar-refractivity contribution in [2.75, 3.05) is 20.2 Å². The van der Waals surface area contributed by atoms with Gasteiger partial charge in [-0.3, -0.25) is 9.88 Å². The summed E-state index contributed by atoms with van der Waals surface area (Å²) in [5, 5.41) is 0. The van der Waals surface area contributed by atoms with Crippen molar-refractivity contribution < 1.29 is 18.3 Å². The molecule has 0 saturated carbocycles. The van der Waals surface area contributed by atoms with E-state index in [1.54, 1.807) is 18.3 Å². The number of carbonyl (C=O) groups excluding carboxylic acids is 1. The molecule has 0 N–H and O–H groups in total. The Kier molecular flexibility index (Phi) is 4.09. The third-order valence-electron chi connectivity index (χ3n) is 3.26. The van der Waals surface area contributed by atoms with E-state index in [9.17, 15) is 13.6 Å². The maximum Gasteiger partial charge on any atom is 0.339 e. The fourth-order valence-corrected chi connectivity index (χ4v) is 2.11. The summed E-state index contributed by atoms with van der Waals surface area (Å²) in [6.07, 6.45) is 1.29. The Bertz CT molecular complexity index is 456. The van der Waals surface area contributed by atoms with Crippen LogP contribution in [0.4, 0.5) is 8.78 Å². The van der Waals surface area contributed by atoms with Crippen molar-refractivity contribution in [3.05, 3.63) is 29.6 Å². The lowest BCUT2D eigenvalue weighted by Gasteiger charge is -2.31. The lowest BCUT2D eigenvalue weighted by atomic mass is 10.1. The molecule has 1 aliphatic rings. The van der Waals surface area contributed by atoms with Crippen molar-refractivity contribution in [2.45, 2.75) is 25.3 Å². The van der Waals surface area contributed by atoms with E-state index in [1.807, 2.05) is 4.90 Å². The lowest BCUT2D eigenvalue weighted by Crippen LogP contribution is -2.39. The first-order chi connectivity index (χ1) is 9.02. The van der Waals surface area contributed by atoms with Crippen molar-refractivity contribution in [3.63, 3.8) is 0 Å². The molecule has 1 saturated heterocycles. The van der Waals surface area contributed by atoms with Crippen LogP contribution in [0.3, 0.4) is 0 Å². The highest BCUT2D eigenvalue weighted by atomic mass is 19.3. The zero-order valence-corrected chi connectivity index (χ0v) is 10.7. The highest BCUT2D eigenvalue weighted by Gasteiger charge is 2.34. The molecule has 6 heteroatoms. The number of aromatic nitrogens is 1. The van der Waals surface area contributed by atoms with Crippen molar-refractivity contribution in [3.8, 4) is 0 Å². The van der Waals surface area contributed by atoms with Crippen LogP contribution in [0.2, 0.25) is 0 Å². The van der Waals surface area contributed by atoms with E-state index in [0.717, 1.165) is 0 Å². The number of esters is 1. The largest absolute Gasteiger partial charge is 0.465 e. The van der Waals surface area contributed by atoms with Crippen molar-refractivity contribution in [1.82, 2.24) is 9.88 Å². The number of methoxy groups -OCH3 is 1. The van der Waals surface area contributed by atoms with Gasteiger partial charge >= 0.3 is 5.97 Å². The van der Waals surface area contributed by atoms with E-state index >= 15 is 0 Å². The van der Waals surface area contributed by atoms with Crippen LogP contribution >= 0.6 is 0 Å². The number of ether oxygens (including phenoxy) is 1. The van der Waals surface area contributed by atoms with Crippen LogP contribution in [0, 0.1) is 0 Å². The molecule has 2 rings (SSSR count). The molecule has 0 unspecified atom stereocenters. The summed E-state index contributed by atoms with van der Waals surface area (Å²) in [5.74, 6) is -3.02. The number of likely N-dealkylation sites (tertiary alicyclic amines) is 1. The molecule has 1 aromatic heterocycles. The van der Waals surface area contributed by atoms with Crippen LogP contribution in [0.5, 0.6) is 0 Å². The van der Waals surface area contributed by atoms with Crippen LogP contribution in [0.25, 0.3) is 0 Å². The molecule has 0 aliphatic carbocycles. The minimum absolute atomic E-state index is 0.145. The maximum absolute atomic E-state index is 13.1. The lowest BCUT2D eigenvalue weighted by molar-refractivity contribution is -0.0569. The second kappa shape index (κ2) is 5.61. The maximum atomic E-state index is 13.1. The minimum atomic E-state index is -2.56. The highest BCUT2D eigenvalue weighted by molar-refractivity contribution is 5.90. The SMILES string of the molecule is COC(=O)c1cccnc1CN1CCC(F)(F)CC1. The Morgan fingerprint density at radius 1 is 1.47 bits per heavy atom. The summed E-state index contributed by atoms with van der Waals surface area (Å²) < 4.78 is 30.8. The van der Waals surface area contributed by atoms with Gasteiger partial charge in [-0.1, -0.05) is 0 Å². The Morgan fingerprint density at radius 2 is 2.16 bits per heavy atom. The van der Waals surface area contributed by atoms with E-state index in [4.69, 9.17) is 0 Å². The van der Waals surface area contributed by atoms with Gasteiger partial charge in [-0.2, -0.15) is 0 Å². The Balaban J connectivity index is 2.06. The molecule has 2 heterocycles. The van der Waals surface area contributed by atoms with Gasteiger partial charge in [-0.25, -0.2) is 13.6 Å². The van der Waals surface area contributed by atoms with Crippen molar-refractivity contribution in [1.29, 1.82) is 0 Å². The van der Waals surface area contributed by atoms with Crippen LogP contribution in [0.1, 0.15) is 28.9 Å². The highest BCUT2D eigenvalue weighted by Crippen LogP contribution is 2.28. The first-order valence-corrected chi connectivity index (χ1v) is 6.14. The van der Waals surface area contributed by atoms with Crippen LogP contribution in [-0.2, 0) is 11.3 Å². The molecule has 0 radical (unpaired) electrons. The summed E-state index contributed by atoms with van der Waals surface area (Å²) in [6, 6.07) is 3.28. The van der Waals surface area contributed by atoms with Gasteiger partial charge in [0.25, 0.3) is 5.92 Å². The van der Waals surface area contributed by atoms with Crippen molar-refractivity contribution >= 4 is 5.97 Å². The number of carbonyl (C=O) groups is 1. The molecule has 0 amide bonds. The van der Waals surface area contributed by atoms with Gasteiger partial charge in [0.15, 0.2) is 0 Å². The number of nitrogens with zero attached hydrogens (tertiary/aromatic N) is 2. The van der Waals surface area contributed by atoms with Gasteiger partial charge in [-0.05, 0) is 12.1 Å². The summed E-state index contributed by atoms with van der Waals surface area (Å²) in [5.41, 5.74) is 0.960. The molecule has 0 atom stereocenters. The second-order valence-electron chi connectivity index (χ2n) is 4.62. The molecule has 4 nitrogen and oxygen atoms in total. The van der Waals surface area contributed by atoms with E-state index in [0.29, 0.717) is 30.9 Å². The standard InChI is InChI=1S/C13H16F2N2O2/c1-19-12(18)10-3-2-6-16-11(10)9-17-7-4-13(14,15)5-8-17/h2-3,6H,4-5,7-9H2,1H3. The molecule has 0 spiro atoms. The topological polar surface area (TPSA) is 42.4 Å². The van der Waals surface area contributed by atoms with Crippen molar-refractivity contribution in [2.24, 2.45) is 0 Å². The fourth-order valence-electron chi connectivity index (χ4n) is 2.11. The molecular formula is C13H16F2N2O2. The smallest absolute Gasteiger partial charge is 0.339 e. The fraction of sp³-hybridized carbons (Fsp3) is 0.538. The van der Waals surface area contributed by atoms with E-state index in [2.05, 4.69) is 9.72 Å². The number of halogens is 2. The predicted octanol–water partition coefficient (Wildman–Crippen LogP) is 2.10. The number of piperidine rings is 1. The normalized spacial score (nSPS) is 19.1. The van der Waals surface area contributed by atoms with Crippen LogP contribution in [-0.4, -0.2) is 42.0 Å². The van der Waals surface area contributed by atoms with E-state index < -0.39 is 11.9 Å².